The van der Waals surface area contributed by atoms with Crippen LogP contribution in [0.4, 0.5) is 11.4 Å². The van der Waals surface area contributed by atoms with Crippen LogP contribution in [0.1, 0.15) is 15.9 Å². The first-order valence-corrected chi connectivity index (χ1v) is 7.29. The van der Waals surface area contributed by atoms with Gasteiger partial charge < -0.3 is 5.32 Å². The number of nitro groups is 1. The molecule has 118 valence electrons. The summed E-state index contributed by atoms with van der Waals surface area (Å²) in [5.41, 5.74) is 0.885. The fraction of sp³-hybridized carbons (Fsp3) is 0.0667. The molecule has 2 aromatic carbocycles. The van der Waals surface area contributed by atoms with E-state index in [1.165, 1.54) is 25.1 Å². The minimum Gasteiger partial charge on any atom is -0.331 e. The zero-order chi connectivity index (χ0) is 17.0. The summed E-state index contributed by atoms with van der Waals surface area (Å²) in [4.78, 5) is 22.6. The number of para-hydroxylation sites is 1. The largest absolute Gasteiger partial charge is 0.331 e. The van der Waals surface area contributed by atoms with Crippen LogP contribution in [-0.4, -0.2) is 15.9 Å². The van der Waals surface area contributed by atoms with Gasteiger partial charge in [-0.1, -0.05) is 29.8 Å². The van der Waals surface area contributed by atoms with E-state index in [4.69, 9.17) is 23.8 Å². The minimum absolute atomic E-state index is 0.0500. The Labute approximate surface area is 142 Å². The highest BCUT2D eigenvalue weighted by molar-refractivity contribution is 7.80. The van der Waals surface area contributed by atoms with Crippen molar-refractivity contribution in [2.75, 3.05) is 5.32 Å². The van der Waals surface area contributed by atoms with Gasteiger partial charge in [-0.25, -0.2) is 0 Å². The van der Waals surface area contributed by atoms with Crippen LogP contribution < -0.4 is 10.6 Å². The molecule has 0 bridgehead atoms. The maximum Gasteiger partial charge on any atom is 0.273 e. The first-order chi connectivity index (χ1) is 10.9. The van der Waals surface area contributed by atoms with Crippen LogP contribution in [0.3, 0.4) is 0 Å². The molecule has 6 nitrogen and oxygen atoms in total. The van der Waals surface area contributed by atoms with Gasteiger partial charge in [-0.2, -0.15) is 0 Å². The molecule has 0 spiro atoms. The average Bonchev–Trinajstić information content (AvgIpc) is 2.49. The van der Waals surface area contributed by atoms with Crippen LogP contribution in [0.15, 0.2) is 42.5 Å². The van der Waals surface area contributed by atoms with E-state index in [1.54, 1.807) is 24.3 Å². The number of halogens is 1. The van der Waals surface area contributed by atoms with Crippen molar-refractivity contribution in [2.45, 2.75) is 6.92 Å². The van der Waals surface area contributed by atoms with E-state index in [1.807, 2.05) is 0 Å². The highest BCUT2D eigenvalue weighted by atomic mass is 35.5. The van der Waals surface area contributed by atoms with Crippen molar-refractivity contribution in [3.63, 3.8) is 0 Å². The van der Waals surface area contributed by atoms with E-state index in [0.29, 0.717) is 10.7 Å². The smallest absolute Gasteiger partial charge is 0.273 e. The molecule has 8 heteroatoms. The Bertz CT molecular complexity index is 795. The van der Waals surface area contributed by atoms with E-state index in [0.717, 1.165) is 0 Å². The minimum atomic E-state index is -0.535. The van der Waals surface area contributed by atoms with Crippen molar-refractivity contribution in [1.29, 1.82) is 0 Å². The van der Waals surface area contributed by atoms with Gasteiger partial charge >= 0.3 is 0 Å². The molecule has 0 radical (unpaired) electrons. The number of carbonyl (C=O) groups excluding carboxylic acids is 1. The molecule has 23 heavy (non-hydrogen) atoms. The molecule has 0 saturated carbocycles. The zero-order valence-electron chi connectivity index (χ0n) is 12.0. The van der Waals surface area contributed by atoms with Gasteiger partial charge in [-0.05, 0) is 37.3 Å². The maximum atomic E-state index is 12.2. The normalized spacial score (nSPS) is 10.0. The van der Waals surface area contributed by atoms with E-state index in [-0.39, 0.29) is 21.9 Å². The summed E-state index contributed by atoms with van der Waals surface area (Å²) < 4.78 is 0. The molecule has 0 heterocycles. The number of amides is 1. The molecule has 0 saturated heterocycles. The Morgan fingerprint density at radius 1 is 1.22 bits per heavy atom. The lowest BCUT2D eigenvalue weighted by atomic mass is 10.1. The molecule has 0 aliphatic carbocycles. The molecule has 2 aromatic rings. The molecule has 0 unspecified atom stereocenters. The van der Waals surface area contributed by atoms with E-state index >= 15 is 0 Å². The molecular weight excluding hydrogens is 338 g/mol. The van der Waals surface area contributed by atoms with Gasteiger partial charge in [0.15, 0.2) is 5.11 Å². The van der Waals surface area contributed by atoms with Gasteiger partial charge in [0.2, 0.25) is 0 Å². The Morgan fingerprint density at radius 2 is 1.91 bits per heavy atom. The van der Waals surface area contributed by atoms with Gasteiger partial charge in [0.25, 0.3) is 11.6 Å². The van der Waals surface area contributed by atoms with Gasteiger partial charge in [0, 0.05) is 17.2 Å². The third-order valence-corrected chi connectivity index (χ3v) is 3.63. The second-order valence-corrected chi connectivity index (χ2v) is 5.41. The van der Waals surface area contributed by atoms with Gasteiger partial charge in [-0.15, -0.1) is 0 Å². The topological polar surface area (TPSA) is 84.3 Å². The molecule has 1 amide bonds. The third kappa shape index (κ3) is 4.02. The van der Waals surface area contributed by atoms with Gasteiger partial charge in [0.1, 0.15) is 0 Å². The number of benzene rings is 2. The molecule has 0 fully saturated rings. The first-order valence-electron chi connectivity index (χ1n) is 6.51. The third-order valence-electron chi connectivity index (χ3n) is 3.10. The fourth-order valence-electron chi connectivity index (χ4n) is 1.95. The van der Waals surface area contributed by atoms with Crippen molar-refractivity contribution in [2.24, 2.45) is 0 Å². The molecule has 0 aromatic heterocycles. The molecular formula is C15H12ClN3O3S. The van der Waals surface area contributed by atoms with Crippen LogP contribution in [0.5, 0.6) is 0 Å². The fourth-order valence-corrected chi connectivity index (χ4v) is 2.34. The molecule has 2 rings (SSSR count). The van der Waals surface area contributed by atoms with Crippen molar-refractivity contribution >= 4 is 46.2 Å². The van der Waals surface area contributed by atoms with E-state index in [9.17, 15) is 14.9 Å². The zero-order valence-corrected chi connectivity index (χ0v) is 13.6. The SMILES string of the molecule is Cc1c(C(=O)NC(=S)Nc2ccccc2Cl)cccc1[N+](=O)[O-]. The Hall–Kier alpha value is -2.51. The summed E-state index contributed by atoms with van der Waals surface area (Å²) in [5.74, 6) is -0.532. The van der Waals surface area contributed by atoms with Crippen LogP contribution in [0.2, 0.25) is 5.02 Å². The number of rotatable bonds is 3. The number of carbonyl (C=O) groups is 1. The number of hydrogen-bond donors (Lipinski definition) is 2. The Balaban J connectivity index is 2.13. The summed E-state index contributed by atoms with van der Waals surface area (Å²) in [6, 6.07) is 11.2. The van der Waals surface area contributed by atoms with Crippen LogP contribution >= 0.6 is 23.8 Å². The predicted octanol–water partition coefficient (Wildman–Crippen LogP) is 3.68. The monoisotopic (exact) mass is 349 g/mol. The lowest BCUT2D eigenvalue weighted by molar-refractivity contribution is -0.385. The van der Waals surface area contributed by atoms with Crippen LogP contribution in [0.25, 0.3) is 0 Å². The molecule has 0 aliphatic rings. The van der Waals surface area contributed by atoms with Gasteiger partial charge in [0.05, 0.1) is 15.6 Å². The number of thiocarbonyl (C=S) groups is 1. The van der Waals surface area contributed by atoms with Crippen molar-refractivity contribution < 1.29 is 9.72 Å². The van der Waals surface area contributed by atoms with Crippen molar-refractivity contribution in [3.05, 3.63) is 68.7 Å². The lowest BCUT2D eigenvalue weighted by Gasteiger charge is -2.11. The quantitative estimate of drug-likeness (QED) is 0.501. The van der Waals surface area contributed by atoms with E-state index < -0.39 is 10.8 Å². The van der Waals surface area contributed by atoms with Crippen LogP contribution in [-0.2, 0) is 0 Å². The average molecular weight is 350 g/mol. The number of nitrogens with zero attached hydrogens (tertiary/aromatic N) is 1. The lowest BCUT2D eigenvalue weighted by Crippen LogP contribution is -2.34. The second-order valence-electron chi connectivity index (χ2n) is 4.59. The summed E-state index contributed by atoms with van der Waals surface area (Å²) in [7, 11) is 0. The summed E-state index contributed by atoms with van der Waals surface area (Å²) in [6.07, 6.45) is 0. The van der Waals surface area contributed by atoms with Crippen LogP contribution in [0, 0.1) is 17.0 Å². The first kappa shape index (κ1) is 16.9. The standard InChI is InChI=1S/C15H12ClN3O3S/c1-9-10(5-4-8-13(9)19(21)22)14(20)18-15(23)17-12-7-3-2-6-11(12)16/h2-8H,1H3,(H2,17,18,20,23). The van der Waals surface area contributed by atoms with Crippen molar-refractivity contribution in [1.82, 2.24) is 5.32 Å². The maximum absolute atomic E-state index is 12.2. The number of anilines is 1. The number of nitrogens with one attached hydrogen (secondary N) is 2. The number of nitro benzene ring substituents is 1. The second kappa shape index (κ2) is 7.17. The van der Waals surface area contributed by atoms with Gasteiger partial charge in [-0.3, -0.25) is 20.2 Å². The predicted molar refractivity (Wildman–Crippen MR) is 93.0 cm³/mol. The Morgan fingerprint density at radius 3 is 2.57 bits per heavy atom. The highest BCUT2D eigenvalue weighted by Crippen LogP contribution is 2.22. The molecule has 0 aliphatic heterocycles. The van der Waals surface area contributed by atoms with E-state index in [2.05, 4.69) is 10.6 Å². The summed E-state index contributed by atoms with van der Waals surface area (Å²) >= 11 is 11.1. The highest BCUT2D eigenvalue weighted by Gasteiger charge is 2.18. The number of hydrogen-bond acceptors (Lipinski definition) is 4. The Kier molecular flexibility index (Phi) is 5.25. The van der Waals surface area contributed by atoms with Crippen molar-refractivity contribution in [3.8, 4) is 0 Å². The summed E-state index contributed by atoms with van der Waals surface area (Å²) in [6.45, 7) is 1.51. The summed E-state index contributed by atoms with van der Waals surface area (Å²) in [5, 5.41) is 16.7. The molecule has 0 atom stereocenters. The molecule has 2 N–H and O–H groups in total.